The summed E-state index contributed by atoms with van der Waals surface area (Å²) in [7, 11) is 0. The van der Waals surface area contributed by atoms with E-state index in [0.29, 0.717) is 21.3 Å². The molecule has 0 saturated heterocycles. The van der Waals surface area contributed by atoms with E-state index in [1.807, 2.05) is 6.08 Å². The number of rotatable bonds is 5. The minimum absolute atomic E-state index is 0.144. The Bertz CT molecular complexity index is 663. The number of aromatic nitrogens is 2. The normalized spacial score (nSPS) is 13.2. The van der Waals surface area contributed by atoms with Crippen molar-refractivity contribution in [3.63, 3.8) is 0 Å². The molecule has 0 N–H and O–H groups in total. The molecule has 0 aliphatic carbocycles. The number of nitrogens with zero attached hydrogens (tertiary/aromatic N) is 2. The number of hydrogen-bond acceptors (Lipinski definition) is 2. The lowest BCUT2D eigenvalue weighted by molar-refractivity contribution is 0.105. The lowest BCUT2D eigenvalue weighted by Crippen LogP contribution is -2.10. The Morgan fingerprint density at radius 1 is 1.43 bits per heavy atom. The average Bonchev–Trinajstić information content (AvgIpc) is 2.97. The summed E-state index contributed by atoms with van der Waals surface area (Å²) >= 11 is 12.0. The molecular weight excluding hydrogens is 307 g/mol. The fraction of sp³-hybridized carbons (Fsp3) is 0.250. The molecule has 1 aromatic carbocycles. The third-order valence-electron chi connectivity index (χ3n) is 3.28. The second kappa shape index (κ2) is 6.92. The van der Waals surface area contributed by atoms with Crippen molar-refractivity contribution in [1.82, 2.24) is 9.55 Å². The van der Waals surface area contributed by atoms with Crippen LogP contribution in [0.5, 0.6) is 0 Å². The zero-order chi connectivity index (χ0) is 15.4. The molecule has 0 radical (unpaired) electrons. The van der Waals surface area contributed by atoms with Crippen molar-refractivity contribution in [2.45, 2.75) is 20.3 Å². The highest BCUT2D eigenvalue weighted by Crippen LogP contribution is 2.25. The summed E-state index contributed by atoms with van der Waals surface area (Å²) in [6.07, 6.45) is 7.88. The number of Topliss-reactive ketones (excluding diaryl/α,β-unsaturated/α-hetero) is 1. The molecule has 3 nitrogen and oxygen atoms in total. The monoisotopic (exact) mass is 322 g/mol. The van der Waals surface area contributed by atoms with Crippen LogP contribution in [0.4, 0.5) is 0 Å². The molecule has 1 heterocycles. The Balaban J connectivity index is 2.46. The lowest BCUT2D eigenvalue weighted by atomic mass is 10.0. The van der Waals surface area contributed by atoms with Crippen LogP contribution in [0.2, 0.25) is 10.0 Å². The van der Waals surface area contributed by atoms with Gasteiger partial charge in [-0.2, -0.15) is 0 Å². The van der Waals surface area contributed by atoms with E-state index in [-0.39, 0.29) is 11.7 Å². The first-order chi connectivity index (χ1) is 10.0. The quantitative estimate of drug-likeness (QED) is 0.576. The second-order valence-corrected chi connectivity index (χ2v) is 5.70. The van der Waals surface area contributed by atoms with Crippen LogP contribution in [0.25, 0.3) is 5.70 Å². The van der Waals surface area contributed by atoms with Crippen molar-refractivity contribution in [3.05, 3.63) is 58.6 Å². The smallest absolute Gasteiger partial charge is 0.210 e. The van der Waals surface area contributed by atoms with Gasteiger partial charge in [0.05, 0.1) is 17.0 Å². The van der Waals surface area contributed by atoms with Gasteiger partial charge >= 0.3 is 0 Å². The summed E-state index contributed by atoms with van der Waals surface area (Å²) in [6.45, 7) is 4.14. The van der Waals surface area contributed by atoms with E-state index in [9.17, 15) is 4.79 Å². The van der Waals surface area contributed by atoms with E-state index in [1.165, 1.54) is 0 Å². The molecule has 1 aromatic heterocycles. The predicted molar refractivity (Wildman–Crippen MR) is 86.7 cm³/mol. The van der Waals surface area contributed by atoms with Crippen molar-refractivity contribution in [2.24, 2.45) is 5.92 Å². The maximum Gasteiger partial charge on any atom is 0.210 e. The summed E-state index contributed by atoms with van der Waals surface area (Å²) < 4.78 is 1.71. The van der Waals surface area contributed by atoms with Gasteiger partial charge in [0.2, 0.25) is 5.78 Å². The molecule has 1 unspecified atom stereocenters. The Morgan fingerprint density at radius 2 is 2.19 bits per heavy atom. The average molecular weight is 323 g/mol. The Kier molecular flexibility index (Phi) is 5.21. The minimum atomic E-state index is -0.144. The van der Waals surface area contributed by atoms with E-state index >= 15 is 0 Å². The molecule has 21 heavy (non-hydrogen) atoms. The van der Waals surface area contributed by atoms with Crippen molar-refractivity contribution in [1.29, 1.82) is 0 Å². The van der Waals surface area contributed by atoms with Gasteiger partial charge < -0.3 is 4.57 Å². The van der Waals surface area contributed by atoms with Gasteiger partial charge in [-0.1, -0.05) is 49.5 Å². The highest BCUT2D eigenvalue weighted by atomic mass is 35.5. The van der Waals surface area contributed by atoms with Crippen LogP contribution in [0.15, 0.2) is 43.0 Å². The molecule has 0 spiro atoms. The fourth-order valence-corrected chi connectivity index (χ4v) is 2.37. The maximum atomic E-state index is 12.8. The van der Waals surface area contributed by atoms with Gasteiger partial charge in [0.15, 0.2) is 0 Å². The largest absolute Gasteiger partial charge is 0.303 e. The molecule has 0 bridgehead atoms. The molecule has 0 aliphatic rings. The van der Waals surface area contributed by atoms with Crippen molar-refractivity contribution >= 4 is 34.7 Å². The highest BCUT2D eigenvalue weighted by molar-refractivity contribution is 6.39. The van der Waals surface area contributed by atoms with E-state index < -0.39 is 0 Å². The van der Waals surface area contributed by atoms with E-state index in [0.717, 1.165) is 6.42 Å². The van der Waals surface area contributed by atoms with Gasteiger partial charge in [0, 0.05) is 23.0 Å². The third kappa shape index (κ3) is 3.74. The zero-order valence-corrected chi connectivity index (χ0v) is 13.4. The molecule has 0 fully saturated rings. The number of imidazole rings is 1. The molecule has 2 aromatic rings. The molecule has 110 valence electrons. The second-order valence-electron chi connectivity index (χ2n) is 4.86. The first kappa shape index (κ1) is 15.8. The number of halogens is 2. The van der Waals surface area contributed by atoms with Gasteiger partial charge in [-0.15, -0.1) is 0 Å². The highest BCUT2D eigenvalue weighted by Gasteiger charge is 2.18. The van der Waals surface area contributed by atoms with Crippen molar-refractivity contribution in [2.75, 3.05) is 0 Å². The summed E-state index contributed by atoms with van der Waals surface area (Å²) in [6, 6.07) is 4.88. The molecular formula is C16H16Cl2N2O. The lowest BCUT2D eigenvalue weighted by Gasteiger charge is -2.12. The fourth-order valence-electron chi connectivity index (χ4n) is 1.88. The molecule has 0 aliphatic heterocycles. The van der Waals surface area contributed by atoms with Crippen molar-refractivity contribution in [3.8, 4) is 0 Å². The number of ketones is 1. The van der Waals surface area contributed by atoms with Crippen LogP contribution < -0.4 is 0 Å². The number of carbonyl (C=O) groups excluding carboxylic acids is 1. The molecule has 1 atom stereocenters. The van der Waals surface area contributed by atoms with Crippen LogP contribution in [-0.4, -0.2) is 15.3 Å². The summed E-state index contributed by atoms with van der Waals surface area (Å²) in [4.78, 5) is 16.8. The van der Waals surface area contributed by atoms with Crippen LogP contribution in [-0.2, 0) is 0 Å². The minimum Gasteiger partial charge on any atom is -0.303 e. The Hall–Kier alpha value is -1.58. The standard InChI is InChI=1S/C16H16Cl2N2O/c1-3-11(2)8-15(20-7-6-19-10-20)16(21)13-5-4-12(17)9-14(13)18/h4-11H,3H2,1-2H3/b15-8-. The Labute approximate surface area is 134 Å². The summed E-state index contributed by atoms with van der Waals surface area (Å²) in [5.74, 6) is 0.132. The SMILES string of the molecule is CCC(C)/C=C(/C(=O)c1ccc(Cl)cc1Cl)n1ccnc1. The van der Waals surface area contributed by atoms with Crippen LogP contribution in [0.3, 0.4) is 0 Å². The van der Waals surface area contributed by atoms with E-state index in [4.69, 9.17) is 23.2 Å². The Morgan fingerprint density at radius 3 is 2.76 bits per heavy atom. The van der Waals surface area contributed by atoms with Gasteiger partial charge in [-0.3, -0.25) is 4.79 Å². The van der Waals surface area contributed by atoms with Gasteiger partial charge in [-0.25, -0.2) is 4.98 Å². The maximum absolute atomic E-state index is 12.8. The molecule has 5 heteroatoms. The summed E-state index contributed by atoms with van der Waals surface area (Å²) in [5, 5.41) is 0.856. The van der Waals surface area contributed by atoms with Crippen LogP contribution >= 0.6 is 23.2 Å². The topological polar surface area (TPSA) is 34.9 Å². The molecule has 0 amide bonds. The predicted octanol–water partition coefficient (Wildman–Crippen LogP) is 4.96. The van der Waals surface area contributed by atoms with Gasteiger partial charge in [0.25, 0.3) is 0 Å². The van der Waals surface area contributed by atoms with E-state index in [1.54, 1.807) is 41.5 Å². The third-order valence-corrected chi connectivity index (χ3v) is 3.83. The molecule has 0 saturated carbocycles. The molecule has 2 rings (SSSR count). The first-order valence-electron chi connectivity index (χ1n) is 6.72. The number of allylic oxidation sites excluding steroid dienone is 2. The number of hydrogen-bond donors (Lipinski definition) is 0. The van der Waals surface area contributed by atoms with Crippen LogP contribution in [0.1, 0.15) is 30.6 Å². The van der Waals surface area contributed by atoms with Gasteiger partial charge in [0.1, 0.15) is 0 Å². The van der Waals surface area contributed by atoms with Crippen LogP contribution in [0, 0.1) is 5.92 Å². The first-order valence-corrected chi connectivity index (χ1v) is 7.48. The number of benzene rings is 1. The zero-order valence-electron chi connectivity index (χ0n) is 11.9. The van der Waals surface area contributed by atoms with Gasteiger partial charge in [-0.05, 0) is 24.1 Å². The van der Waals surface area contributed by atoms with E-state index in [2.05, 4.69) is 18.8 Å². The van der Waals surface area contributed by atoms with Crippen molar-refractivity contribution < 1.29 is 4.79 Å². The summed E-state index contributed by atoms with van der Waals surface area (Å²) in [5.41, 5.74) is 0.982. The number of carbonyl (C=O) groups is 1.